The van der Waals surface area contributed by atoms with Gasteiger partial charge in [0.15, 0.2) is 5.82 Å². The average molecular weight is 345 g/mol. The molecule has 0 amide bonds. The second-order valence-corrected chi connectivity index (χ2v) is 6.31. The Kier molecular flexibility index (Phi) is 4.75. The van der Waals surface area contributed by atoms with Crippen LogP contribution in [0.1, 0.15) is 11.7 Å². The van der Waals surface area contributed by atoms with E-state index >= 15 is 0 Å². The molecule has 0 N–H and O–H groups in total. The van der Waals surface area contributed by atoms with E-state index in [0.717, 1.165) is 64.2 Å². The van der Waals surface area contributed by atoms with Crippen LogP contribution < -0.4 is 9.80 Å². The van der Waals surface area contributed by atoms with Crippen LogP contribution in [-0.4, -0.2) is 77.5 Å². The molecule has 2 aromatic heterocycles. The second kappa shape index (κ2) is 7.32. The Labute approximate surface area is 146 Å². The monoisotopic (exact) mass is 345 g/mol. The highest BCUT2D eigenvalue weighted by atomic mass is 16.5. The summed E-state index contributed by atoms with van der Waals surface area (Å²) in [5.41, 5.74) is 0. The van der Waals surface area contributed by atoms with Crippen LogP contribution in [0.3, 0.4) is 0 Å². The number of rotatable bonds is 4. The van der Waals surface area contributed by atoms with E-state index in [1.165, 1.54) is 0 Å². The predicted molar refractivity (Wildman–Crippen MR) is 91.6 cm³/mol. The lowest BCUT2D eigenvalue weighted by molar-refractivity contribution is 0.122. The number of ether oxygens (including phenoxy) is 1. The summed E-state index contributed by atoms with van der Waals surface area (Å²) in [6.07, 6.45) is 1.85. The van der Waals surface area contributed by atoms with E-state index in [1.807, 2.05) is 19.2 Å². The standard InChI is InChI=1S/C16H23N7O2/c1-13-18-15(25-20-13)12-21-4-6-22(7-5-21)14-2-3-17-16(19-14)23-8-10-24-11-9-23/h2-3H,4-12H2,1H3. The Morgan fingerprint density at radius 1 is 1.00 bits per heavy atom. The molecule has 2 aliphatic heterocycles. The summed E-state index contributed by atoms with van der Waals surface area (Å²) in [6, 6.07) is 1.99. The van der Waals surface area contributed by atoms with Crippen LogP contribution in [-0.2, 0) is 11.3 Å². The zero-order valence-electron chi connectivity index (χ0n) is 14.5. The van der Waals surface area contributed by atoms with E-state index in [9.17, 15) is 0 Å². The molecule has 9 nitrogen and oxygen atoms in total. The van der Waals surface area contributed by atoms with Crippen molar-refractivity contribution in [2.45, 2.75) is 13.5 Å². The van der Waals surface area contributed by atoms with Gasteiger partial charge in [0.25, 0.3) is 0 Å². The summed E-state index contributed by atoms with van der Waals surface area (Å²) in [7, 11) is 0. The molecule has 4 rings (SSSR count). The molecule has 0 bridgehead atoms. The molecular weight excluding hydrogens is 322 g/mol. The summed E-state index contributed by atoms with van der Waals surface area (Å²) in [6.45, 7) is 9.45. The molecule has 0 radical (unpaired) electrons. The Morgan fingerprint density at radius 2 is 1.80 bits per heavy atom. The van der Waals surface area contributed by atoms with Crippen LogP contribution in [0.5, 0.6) is 0 Å². The molecule has 0 unspecified atom stereocenters. The second-order valence-electron chi connectivity index (χ2n) is 6.31. The minimum Gasteiger partial charge on any atom is -0.378 e. The van der Waals surface area contributed by atoms with Crippen molar-refractivity contribution >= 4 is 11.8 Å². The van der Waals surface area contributed by atoms with Gasteiger partial charge in [-0.15, -0.1) is 0 Å². The molecule has 0 aromatic carbocycles. The molecule has 25 heavy (non-hydrogen) atoms. The molecular formula is C16H23N7O2. The van der Waals surface area contributed by atoms with Crippen molar-refractivity contribution < 1.29 is 9.26 Å². The van der Waals surface area contributed by atoms with Gasteiger partial charge in [-0.2, -0.15) is 9.97 Å². The first-order chi connectivity index (χ1) is 12.3. The molecule has 2 aliphatic rings. The van der Waals surface area contributed by atoms with Gasteiger partial charge in [-0.1, -0.05) is 5.16 Å². The predicted octanol–water partition coefficient (Wildman–Crippen LogP) is 0.327. The fourth-order valence-electron chi connectivity index (χ4n) is 3.16. The number of nitrogens with zero attached hydrogens (tertiary/aromatic N) is 7. The summed E-state index contributed by atoms with van der Waals surface area (Å²) >= 11 is 0. The highest BCUT2D eigenvalue weighted by molar-refractivity contribution is 5.44. The van der Waals surface area contributed by atoms with Crippen molar-refractivity contribution in [3.05, 3.63) is 24.0 Å². The molecule has 2 fully saturated rings. The van der Waals surface area contributed by atoms with Crippen molar-refractivity contribution in [3.8, 4) is 0 Å². The third-order valence-electron chi connectivity index (χ3n) is 4.55. The highest BCUT2D eigenvalue weighted by Crippen LogP contribution is 2.18. The molecule has 0 saturated carbocycles. The molecule has 0 spiro atoms. The fourth-order valence-corrected chi connectivity index (χ4v) is 3.16. The van der Waals surface area contributed by atoms with Gasteiger partial charge in [-0.05, 0) is 13.0 Å². The topological polar surface area (TPSA) is 83.7 Å². The van der Waals surface area contributed by atoms with Crippen molar-refractivity contribution in [1.29, 1.82) is 0 Å². The molecule has 0 aliphatic carbocycles. The first-order valence-electron chi connectivity index (χ1n) is 8.70. The van der Waals surface area contributed by atoms with Gasteiger partial charge in [-0.25, -0.2) is 4.98 Å². The van der Waals surface area contributed by atoms with E-state index in [1.54, 1.807) is 0 Å². The van der Waals surface area contributed by atoms with Gasteiger partial charge in [0.2, 0.25) is 11.8 Å². The van der Waals surface area contributed by atoms with Gasteiger partial charge in [0, 0.05) is 45.5 Å². The molecule has 134 valence electrons. The Morgan fingerprint density at radius 3 is 2.52 bits per heavy atom. The first kappa shape index (κ1) is 16.2. The zero-order valence-corrected chi connectivity index (χ0v) is 14.5. The number of piperazine rings is 1. The van der Waals surface area contributed by atoms with Gasteiger partial charge < -0.3 is 19.1 Å². The van der Waals surface area contributed by atoms with Crippen LogP contribution in [0, 0.1) is 6.92 Å². The van der Waals surface area contributed by atoms with Crippen LogP contribution in [0.15, 0.2) is 16.8 Å². The maximum Gasteiger partial charge on any atom is 0.240 e. The highest BCUT2D eigenvalue weighted by Gasteiger charge is 2.21. The minimum absolute atomic E-state index is 0.683. The maximum absolute atomic E-state index is 5.40. The normalized spacial score (nSPS) is 19.4. The smallest absolute Gasteiger partial charge is 0.240 e. The van der Waals surface area contributed by atoms with E-state index in [-0.39, 0.29) is 0 Å². The molecule has 9 heteroatoms. The largest absolute Gasteiger partial charge is 0.378 e. The SMILES string of the molecule is Cc1noc(CN2CCN(c3ccnc(N4CCOCC4)n3)CC2)n1. The van der Waals surface area contributed by atoms with Gasteiger partial charge in [0.1, 0.15) is 5.82 Å². The van der Waals surface area contributed by atoms with E-state index < -0.39 is 0 Å². The quantitative estimate of drug-likeness (QED) is 0.778. The van der Waals surface area contributed by atoms with Crippen molar-refractivity contribution in [2.24, 2.45) is 0 Å². The van der Waals surface area contributed by atoms with E-state index in [0.29, 0.717) is 18.3 Å². The lowest BCUT2D eigenvalue weighted by Gasteiger charge is -2.35. The minimum atomic E-state index is 0.683. The Balaban J connectivity index is 1.35. The van der Waals surface area contributed by atoms with E-state index in [4.69, 9.17) is 14.2 Å². The lowest BCUT2D eigenvalue weighted by Crippen LogP contribution is -2.46. The summed E-state index contributed by atoms with van der Waals surface area (Å²) < 4.78 is 10.6. The third-order valence-corrected chi connectivity index (χ3v) is 4.55. The lowest BCUT2D eigenvalue weighted by atomic mass is 10.3. The van der Waals surface area contributed by atoms with Crippen LogP contribution in [0.2, 0.25) is 0 Å². The molecule has 2 saturated heterocycles. The fraction of sp³-hybridized carbons (Fsp3) is 0.625. The van der Waals surface area contributed by atoms with E-state index in [2.05, 4.69) is 29.8 Å². The van der Waals surface area contributed by atoms with Gasteiger partial charge in [-0.3, -0.25) is 4.90 Å². The van der Waals surface area contributed by atoms with Crippen LogP contribution in [0.4, 0.5) is 11.8 Å². The first-order valence-corrected chi connectivity index (χ1v) is 8.70. The summed E-state index contributed by atoms with van der Waals surface area (Å²) in [5.74, 6) is 3.15. The summed E-state index contributed by atoms with van der Waals surface area (Å²) in [5, 5.41) is 3.85. The van der Waals surface area contributed by atoms with Gasteiger partial charge in [0.05, 0.1) is 19.8 Å². The van der Waals surface area contributed by atoms with Crippen molar-refractivity contribution in [1.82, 2.24) is 25.0 Å². The number of hydrogen-bond donors (Lipinski definition) is 0. The van der Waals surface area contributed by atoms with Crippen LogP contribution in [0.25, 0.3) is 0 Å². The van der Waals surface area contributed by atoms with Crippen molar-refractivity contribution in [2.75, 3.05) is 62.3 Å². The Hall–Kier alpha value is -2.26. The molecule has 0 atom stereocenters. The third kappa shape index (κ3) is 3.88. The summed E-state index contributed by atoms with van der Waals surface area (Å²) in [4.78, 5) is 20.3. The van der Waals surface area contributed by atoms with Gasteiger partial charge >= 0.3 is 0 Å². The number of anilines is 2. The average Bonchev–Trinajstić information content (AvgIpc) is 3.08. The number of morpholine rings is 1. The maximum atomic E-state index is 5.40. The van der Waals surface area contributed by atoms with Crippen molar-refractivity contribution in [3.63, 3.8) is 0 Å². The molecule has 4 heterocycles. The van der Waals surface area contributed by atoms with Crippen LogP contribution >= 0.6 is 0 Å². The molecule has 2 aromatic rings. The zero-order chi connectivity index (χ0) is 17.1. The Bertz CT molecular complexity index is 693. The number of aromatic nitrogens is 4. The number of hydrogen-bond acceptors (Lipinski definition) is 9. The number of aryl methyl sites for hydroxylation is 1.